The minimum atomic E-state index is -0.448. The molecule has 5 rings (SSSR count). The Bertz CT molecular complexity index is 1350. The molecule has 0 radical (unpaired) electrons. The van der Waals surface area contributed by atoms with Crippen LogP contribution in [0.5, 0.6) is 0 Å². The first kappa shape index (κ1) is 18.3. The van der Waals surface area contributed by atoms with E-state index >= 15 is 0 Å². The van der Waals surface area contributed by atoms with Crippen LogP contribution >= 0.6 is 0 Å². The molecule has 7 heteroatoms. The van der Waals surface area contributed by atoms with Crippen molar-refractivity contribution in [2.75, 3.05) is 0 Å². The second kappa shape index (κ2) is 7.59. The maximum absolute atomic E-state index is 12.6. The Morgan fingerprint density at radius 2 is 1.90 bits per heavy atom. The van der Waals surface area contributed by atoms with Gasteiger partial charge in [-0.2, -0.15) is 0 Å². The normalized spacial score (nSPS) is 16.5. The van der Waals surface area contributed by atoms with Crippen LogP contribution in [0.15, 0.2) is 70.5 Å². The van der Waals surface area contributed by atoms with Gasteiger partial charge in [0, 0.05) is 23.6 Å². The van der Waals surface area contributed by atoms with Crippen molar-refractivity contribution in [3.05, 3.63) is 104 Å². The summed E-state index contributed by atoms with van der Waals surface area (Å²) in [5.41, 5.74) is 4.82. The van der Waals surface area contributed by atoms with Crippen molar-refractivity contribution in [3.63, 3.8) is 0 Å². The molecule has 1 aliphatic carbocycles. The number of aromatic amines is 2. The molecular weight excluding hydrogens is 378 g/mol. The van der Waals surface area contributed by atoms with Gasteiger partial charge in [-0.1, -0.05) is 42.5 Å². The van der Waals surface area contributed by atoms with Crippen LogP contribution < -0.4 is 11.2 Å². The van der Waals surface area contributed by atoms with Crippen molar-refractivity contribution in [2.24, 2.45) is 0 Å². The highest BCUT2D eigenvalue weighted by Crippen LogP contribution is 2.36. The summed E-state index contributed by atoms with van der Waals surface area (Å²) < 4.78 is 1.99. The molecule has 3 aromatic heterocycles. The third-order valence-electron chi connectivity index (χ3n) is 5.78. The summed E-state index contributed by atoms with van der Waals surface area (Å²) in [6.45, 7) is 0. The van der Waals surface area contributed by atoms with Gasteiger partial charge in [0.15, 0.2) is 5.65 Å². The van der Waals surface area contributed by atoms with E-state index < -0.39 is 5.69 Å². The van der Waals surface area contributed by atoms with E-state index in [0.29, 0.717) is 12.0 Å². The van der Waals surface area contributed by atoms with Crippen molar-refractivity contribution in [3.8, 4) is 0 Å². The number of H-pyrrole nitrogens is 2. The standard InChI is InChI=1S/C23H21N5O2/c29-22-18(13-15-5-2-1-3-6-15)21(25-23(30)26-22)17-11-9-16(10-12-17)19-7-4-8-20-27-24-14-28(19)20/h1-9,14,17H,10-13H2,(H2,25,26,29,30). The summed E-state index contributed by atoms with van der Waals surface area (Å²) in [5.74, 6) is 0.0996. The Kier molecular flexibility index (Phi) is 4.63. The van der Waals surface area contributed by atoms with Gasteiger partial charge in [0.25, 0.3) is 5.56 Å². The monoisotopic (exact) mass is 399 g/mol. The minimum Gasteiger partial charge on any atom is -0.311 e. The highest BCUT2D eigenvalue weighted by atomic mass is 16.2. The maximum atomic E-state index is 12.6. The van der Waals surface area contributed by atoms with Gasteiger partial charge in [0.05, 0.1) is 5.69 Å². The van der Waals surface area contributed by atoms with Gasteiger partial charge in [0.2, 0.25) is 0 Å². The fourth-order valence-corrected chi connectivity index (χ4v) is 4.29. The molecule has 0 bridgehead atoms. The lowest BCUT2D eigenvalue weighted by atomic mass is 9.84. The zero-order valence-corrected chi connectivity index (χ0v) is 16.3. The second-order valence-electron chi connectivity index (χ2n) is 7.63. The Labute approximate surface area is 172 Å². The molecule has 0 amide bonds. The molecule has 0 fully saturated rings. The highest BCUT2D eigenvalue weighted by Gasteiger charge is 2.23. The average Bonchev–Trinajstić information content (AvgIpc) is 3.25. The third-order valence-corrected chi connectivity index (χ3v) is 5.78. The van der Waals surface area contributed by atoms with E-state index in [-0.39, 0.29) is 11.5 Å². The highest BCUT2D eigenvalue weighted by molar-refractivity contribution is 5.66. The molecule has 0 aliphatic heterocycles. The van der Waals surface area contributed by atoms with E-state index in [1.165, 1.54) is 5.57 Å². The first-order chi connectivity index (χ1) is 14.7. The van der Waals surface area contributed by atoms with E-state index in [1.54, 1.807) is 6.33 Å². The number of nitrogens with one attached hydrogen (secondary N) is 2. The van der Waals surface area contributed by atoms with E-state index in [2.05, 4.69) is 32.3 Å². The molecule has 0 spiro atoms. The minimum absolute atomic E-state index is 0.0996. The number of hydrogen-bond acceptors (Lipinski definition) is 4. The van der Waals surface area contributed by atoms with Gasteiger partial charge >= 0.3 is 5.69 Å². The fourth-order valence-electron chi connectivity index (χ4n) is 4.29. The largest absolute Gasteiger partial charge is 0.325 e. The molecular formula is C23H21N5O2. The zero-order valence-electron chi connectivity index (χ0n) is 16.3. The summed E-state index contributed by atoms with van der Waals surface area (Å²) in [6, 6.07) is 15.8. The van der Waals surface area contributed by atoms with Crippen LogP contribution in [0.3, 0.4) is 0 Å². The van der Waals surface area contributed by atoms with Crippen molar-refractivity contribution in [1.82, 2.24) is 24.6 Å². The molecule has 30 heavy (non-hydrogen) atoms. The van der Waals surface area contributed by atoms with Gasteiger partial charge in [-0.3, -0.25) is 14.2 Å². The number of benzene rings is 1. The number of fused-ring (bicyclic) bond motifs is 1. The molecule has 3 heterocycles. The quantitative estimate of drug-likeness (QED) is 0.551. The smallest absolute Gasteiger partial charge is 0.311 e. The van der Waals surface area contributed by atoms with Gasteiger partial charge in [0.1, 0.15) is 6.33 Å². The summed E-state index contributed by atoms with van der Waals surface area (Å²) in [4.78, 5) is 29.9. The van der Waals surface area contributed by atoms with Crippen LogP contribution in [-0.2, 0) is 6.42 Å². The molecule has 1 unspecified atom stereocenters. The Morgan fingerprint density at radius 1 is 1.03 bits per heavy atom. The number of aromatic nitrogens is 5. The SMILES string of the molecule is O=c1[nH]c(C2CC=C(c3cccc4nncn34)CC2)c(Cc2ccccc2)c(=O)[nH]1. The molecule has 4 aromatic rings. The van der Waals surface area contributed by atoms with Gasteiger partial charge in [-0.25, -0.2) is 4.79 Å². The molecule has 7 nitrogen and oxygen atoms in total. The number of pyridine rings is 1. The lowest BCUT2D eigenvalue weighted by Gasteiger charge is -2.24. The number of rotatable bonds is 4. The topological polar surface area (TPSA) is 95.9 Å². The van der Waals surface area contributed by atoms with Crippen molar-refractivity contribution >= 4 is 11.2 Å². The van der Waals surface area contributed by atoms with Gasteiger partial charge in [-0.15, -0.1) is 10.2 Å². The van der Waals surface area contributed by atoms with Crippen LogP contribution in [0.2, 0.25) is 0 Å². The van der Waals surface area contributed by atoms with E-state index in [9.17, 15) is 9.59 Å². The average molecular weight is 399 g/mol. The number of nitrogens with zero attached hydrogens (tertiary/aromatic N) is 3. The lowest BCUT2D eigenvalue weighted by Crippen LogP contribution is -2.30. The van der Waals surface area contributed by atoms with Crippen molar-refractivity contribution in [2.45, 2.75) is 31.6 Å². The second-order valence-corrected chi connectivity index (χ2v) is 7.63. The summed E-state index contributed by atoms with van der Waals surface area (Å²) in [5, 5.41) is 8.11. The molecule has 1 atom stereocenters. The summed E-state index contributed by atoms with van der Waals surface area (Å²) in [7, 11) is 0. The Morgan fingerprint density at radius 3 is 2.70 bits per heavy atom. The van der Waals surface area contributed by atoms with Gasteiger partial charge in [-0.05, 0) is 42.5 Å². The zero-order chi connectivity index (χ0) is 20.5. The van der Waals surface area contributed by atoms with Crippen LogP contribution in [0.25, 0.3) is 11.2 Å². The van der Waals surface area contributed by atoms with Gasteiger partial charge < -0.3 is 4.98 Å². The van der Waals surface area contributed by atoms with Crippen LogP contribution in [0.1, 0.15) is 47.7 Å². The van der Waals surface area contributed by atoms with Crippen LogP contribution in [0, 0.1) is 0 Å². The number of hydrogen-bond donors (Lipinski definition) is 2. The molecule has 0 saturated heterocycles. The predicted octanol–water partition coefficient (Wildman–Crippen LogP) is 3.05. The van der Waals surface area contributed by atoms with Crippen LogP contribution in [-0.4, -0.2) is 24.6 Å². The lowest BCUT2D eigenvalue weighted by molar-refractivity contribution is 0.595. The predicted molar refractivity (Wildman–Crippen MR) is 114 cm³/mol. The van der Waals surface area contributed by atoms with Crippen LogP contribution in [0.4, 0.5) is 0 Å². The van der Waals surface area contributed by atoms with Crippen molar-refractivity contribution in [1.29, 1.82) is 0 Å². The molecule has 1 aromatic carbocycles. The molecule has 2 N–H and O–H groups in total. The van der Waals surface area contributed by atoms with E-state index in [1.807, 2.05) is 46.9 Å². The molecule has 1 aliphatic rings. The first-order valence-electron chi connectivity index (χ1n) is 10.1. The molecule has 150 valence electrons. The number of allylic oxidation sites excluding steroid dienone is 2. The summed E-state index contributed by atoms with van der Waals surface area (Å²) >= 11 is 0. The molecule has 0 saturated carbocycles. The maximum Gasteiger partial charge on any atom is 0.325 e. The van der Waals surface area contributed by atoms with E-state index in [0.717, 1.165) is 41.9 Å². The Balaban J connectivity index is 1.48. The van der Waals surface area contributed by atoms with Crippen molar-refractivity contribution < 1.29 is 0 Å². The first-order valence-corrected chi connectivity index (χ1v) is 10.1. The third kappa shape index (κ3) is 3.39. The fraction of sp³-hybridized carbons (Fsp3) is 0.217. The summed E-state index contributed by atoms with van der Waals surface area (Å²) in [6.07, 6.45) is 6.88. The Hall–Kier alpha value is -3.74. The van der Waals surface area contributed by atoms with E-state index in [4.69, 9.17) is 0 Å².